The van der Waals surface area contributed by atoms with Crippen molar-refractivity contribution in [3.8, 4) is 0 Å². The molecule has 1 saturated heterocycles. The van der Waals surface area contributed by atoms with Gasteiger partial charge in [0.2, 0.25) is 5.89 Å². The Bertz CT molecular complexity index is 760. The minimum Gasteiger partial charge on any atom is -0.444 e. The van der Waals surface area contributed by atoms with Crippen molar-refractivity contribution in [1.29, 1.82) is 0 Å². The second-order valence-electron chi connectivity index (χ2n) is 7.82. The number of amides is 2. The lowest BCUT2D eigenvalue weighted by atomic mass is 9.94. The van der Waals surface area contributed by atoms with E-state index >= 15 is 0 Å². The van der Waals surface area contributed by atoms with Crippen molar-refractivity contribution in [2.75, 3.05) is 25.5 Å². The Hall–Kier alpha value is -1.58. The van der Waals surface area contributed by atoms with Gasteiger partial charge in [-0.1, -0.05) is 32.1 Å². The molecule has 7 nitrogen and oxygen atoms in total. The molecule has 27 heavy (non-hydrogen) atoms. The number of oxazole rings is 1. The number of anilines is 1. The van der Waals surface area contributed by atoms with E-state index in [9.17, 15) is 4.79 Å². The summed E-state index contributed by atoms with van der Waals surface area (Å²) in [4.78, 5) is 23.0. The van der Waals surface area contributed by atoms with E-state index in [4.69, 9.17) is 4.42 Å². The molecule has 1 fully saturated rings. The monoisotopic (exact) mass is 409 g/mol. The van der Waals surface area contributed by atoms with Gasteiger partial charge in [0.1, 0.15) is 5.76 Å². The molecule has 0 saturated carbocycles. The number of piperidine rings is 1. The molecule has 0 aromatic carbocycles. The van der Waals surface area contributed by atoms with Gasteiger partial charge in [0.15, 0.2) is 5.13 Å². The molecule has 0 bridgehead atoms. The van der Waals surface area contributed by atoms with E-state index in [1.165, 1.54) is 11.3 Å². The number of urea groups is 1. The van der Waals surface area contributed by atoms with Gasteiger partial charge in [0.25, 0.3) is 0 Å². The number of nitrogens with zero attached hydrogens (tertiary/aromatic N) is 3. The van der Waals surface area contributed by atoms with Gasteiger partial charge in [-0.2, -0.15) is 0 Å². The van der Waals surface area contributed by atoms with Gasteiger partial charge in [-0.3, -0.25) is 5.32 Å². The Morgan fingerprint density at radius 2 is 2.07 bits per heavy atom. The van der Waals surface area contributed by atoms with E-state index in [2.05, 4.69) is 53.3 Å². The molecule has 1 aliphatic rings. The van der Waals surface area contributed by atoms with Gasteiger partial charge < -0.3 is 14.6 Å². The predicted octanol–water partition coefficient (Wildman–Crippen LogP) is 3.94. The van der Waals surface area contributed by atoms with E-state index in [1.807, 2.05) is 0 Å². The largest absolute Gasteiger partial charge is 0.444 e. The molecular weight excluding hydrogens is 382 g/mol. The number of hydrogen-bond acceptors (Lipinski definition) is 7. The van der Waals surface area contributed by atoms with E-state index in [0.29, 0.717) is 16.8 Å². The third-order valence-electron chi connectivity index (χ3n) is 4.39. The number of thiazole rings is 1. The number of carbonyl (C=O) groups is 1. The maximum atomic E-state index is 12.1. The molecule has 0 aliphatic carbocycles. The van der Waals surface area contributed by atoms with Crippen LogP contribution in [-0.4, -0.2) is 47.1 Å². The molecule has 148 valence electrons. The molecule has 3 rings (SSSR count). The lowest BCUT2D eigenvalue weighted by molar-refractivity contribution is 0.221. The molecule has 0 atom stereocenters. The Balaban J connectivity index is 1.45. The fraction of sp³-hybridized carbons (Fsp3) is 0.611. The standard InChI is InChI=1S/C18H27N5O2S2/c1-18(2,3)13-9-19-14(25-13)11-26-15-10-20-17(27-15)22-16(24)21-12-5-7-23(4)8-6-12/h9-10,12H,5-8,11H2,1-4H3,(H2,20,21,22,24). The number of rotatable bonds is 5. The van der Waals surface area contributed by atoms with Gasteiger partial charge in [0, 0.05) is 11.5 Å². The fourth-order valence-electron chi connectivity index (χ4n) is 2.71. The van der Waals surface area contributed by atoms with E-state index < -0.39 is 0 Å². The minimum absolute atomic E-state index is 0.0431. The smallest absolute Gasteiger partial charge is 0.321 e. The SMILES string of the molecule is CN1CCC(NC(=O)Nc2ncc(SCc3ncc(C(C)(C)C)o3)s2)CC1. The Kier molecular flexibility index (Phi) is 6.44. The second kappa shape index (κ2) is 8.62. The number of carbonyl (C=O) groups excluding carboxylic acids is 1. The van der Waals surface area contributed by atoms with E-state index in [1.54, 1.807) is 24.2 Å². The molecule has 3 heterocycles. The summed E-state index contributed by atoms with van der Waals surface area (Å²) in [5, 5.41) is 6.47. The first-order valence-corrected chi connectivity index (χ1v) is 10.9. The fourth-order valence-corrected chi connectivity index (χ4v) is 4.43. The molecule has 0 radical (unpaired) electrons. The summed E-state index contributed by atoms with van der Waals surface area (Å²) in [5.74, 6) is 2.22. The normalized spacial score (nSPS) is 16.4. The van der Waals surface area contributed by atoms with Crippen LogP contribution in [0.1, 0.15) is 45.3 Å². The van der Waals surface area contributed by atoms with Crippen LogP contribution in [0, 0.1) is 0 Å². The molecule has 2 N–H and O–H groups in total. The van der Waals surface area contributed by atoms with Gasteiger partial charge in [-0.05, 0) is 33.0 Å². The average Bonchev–Trinajstić information content (AvgIpc) is 3.24. The lowest BCUT2D eigenvalue weighted by Gasteiger charge is -2.29. The highest BCUT2D eigenvalue weighted by atomic mass is 32.2. The first-order valence-electron chi connectivity index (χ1n) is 9.09. The minimum atomic E-state index is -0.182. The summed E-state index contributed by atoms with van der Waals surface area (Å²) in [7, 11) is 2.10. The first kappa shape index (κ1) is 20.2. The summed E-state index contributed by atoms with van der Waals surface area (Å²) in [6.45, 7) is 8.33. The van der Waals surface area contributed by atoms with Crippen molar-refractivity contribution in [3.05, 3.63) is 24.0 Å². The van der Waals surface area contributed by atoms with Crippen LogP contribution in [0.5, 0.6) is 0 Å². The van der Waals surface area contributed by atoms with Crippen LogP contribution in [-0.2, 0) is 11.2 Å². The first-order chi connectivity index (χ1) is 12.8. The van der Waals surface area contributed by atoms with E-state index in [-0.39, 0.29) is 17.5 Å². The van der Waals surface area contributed by atoms with Gasteiger partial charge in [0.05, 0.1) is 22.4 Å². The van der Waals surface area contributed by atoms with Crippen molar-refractivity contribution in [1.82, 2.24) is 20.2 Å². The molecule has 9 heteroatoms. The zero-order valence-electron chi connectivity index (χ0n) is 16.2. The van der Waals surface area contributed by atoms with Crippen molar-refractivity contribution >= 4 is 34.3 Å². The number of nitrogens with one attached hydrogen (secondary N) is 2. The maximum absolute atomic E-state index is 12.1. The van der Waals surface area contributed by atoms with Crippen molar-refractivity contribution in [3.63, 3.8) is 0 Å². The van der Waals surface area contributed by atoms with Crippen LogP contribution in [0.2, 0.25) is 0 Å². The third kappa shape index (κ3) is 5.95. The zero-order valence-corrected chi connectivity index (χ0v) is 17.9. The Morgan fingerprint density at radius 1 is 1.33 bits per heavy atom. The highest BCUT2D eigenvalue weighted by Gasteiger charge is 2.20. The molecule has 2 aromatic rings. The van der Waals surface area contributed by atoms with Gasteiger partial charge in [-0.25, -0.2) is 14.8 Å². The second-order valence-corrected chi connectivity index (χ2v) is 10.1. The zero-order chi connectivity index (χ0) is 19.4. The van der Waals surface area contributed by atoms with Gasteiger partial charge >= 0.3 is 6.03 Å². The number of aromatic nitrogens is 2. The van der Waals surface area contributed by atoms with Gasteiger partial charge in [-0.15, -0.1) is 11.8 Å². The van der Waals surface area contributed by atoms with Crippen molar-refractivity contribution < 1.29 is 9.21 Å². The lowest BCUT2D eigenvalue weighted by Crippen LogP contribution is -2.44. The summed E-state index contributed by atoms with van der Waals surface area (Å²) in [5.41, 5.74) is -0.0431. The van der Waals surface area contributed by atoms with Crippen LogP contribution < -0.4 is 10.6 Å². The molecule has 0 unspecified atom stereocenters. The van der Waals surface area contributed by atoms with Crippen LogP contribution >= 0.6 is 23.1 Å². The summed E-state index contributed by atoms with van der Waals surface area (Å²) >= 11 is 3.06. The highest BCUT2D eigenvalue weighted by Crippen LogP contribution is 2.31. The van der Waals surface area contributed by atoms with Crippen LogP contribution in [0.4, 0.5) is 9.93 Å². The molecule has 1 aliphatic heterocycles. The predicted molar refractivity (Wildman–Crippen MR) is 110 cm³/mol. The third-order valence-corrected chi connectivity index (χ3v) is 6.48. The highest BCUT2D eigenvalue weighted by molar-refractivity contribution is 8.00. The summed E-state index contributed by atoms with van der Waals surface area (Å²) in [6.07, 6.45) is 5.53. The Labute approximate surface area is 168 Å². The quantitative estimate of drug-likeness (QED) is 0.728. The van der Waals surface area contributed by atoms with Crippen LogP contribution in [0.25, 0.3) is 0 Å². The molecule has 0 spiro atoms. The maximum Gasteiger partial charge on any atom is 0.321 e. The van der Waals surface area contributed by atoms with Crippen molar-refractivity contribution in [2.24, 2.45) is 0 Å². The molecule has 2 aromatic heterocycles. The van der Waals surface area contributed by atoms with E-state index in [0.717, 1.165) is 35.9 Å². The summed E-state index contributed by atoms with van der Waals surface area (Å²) < 4.78 is 6.82. The number of hydrogen-bond donors (Lipinski definition) is 2. The number of likely N-dealkylation sites (tertiary alicyclic amines) is 1. The summed E-state index contributed by atoms with van der Waals surface area (Å²) in [6, 6.07) is 0.0509. The van der Waals surface area contributed by atoms with Crippen molar-refractivity contribution in [2.45, 2.75) is 55.0 Å². The molecular formula is C18H27N5O2S2. The number of thioether (sulfide) groups is 1. The average molecular weight is 410 g/mol. The van der Waals surface area contributed by atoms with Crippen LogP contribution in [0.3, 0.4) is 0 Å². The molecule has 2 amide bonds. The van der Waals surface area contributed by atoms with Crippen LogP contribution in [0.15, 0.2) is 21.0 Å². The topological polar surface area (TPSA) is 83.3 Å². The Morgan fingerprint density at radius 3 is 2.74 bits per heavy atom.